The first-order valence-electron chi connectivity index (χ1n) is 6.59. The fourth-order valence-corrected chi connectivity index (χ4v) is 3.13. The van der Waals surface area contributed by atoms with Crippen LogP contribution in [0.1, 0.15) is 18.7 Å². The predicted octanol–water partition coefficient (Wildman–Crippen LogP) is 3.05. The standard InChI is InChI=1S/C15H21NO2S/c1-11(8-17)9-19-10-13(16-2)15-7-12-5-3-4-6-14(12)18-15/h3-7,11,13,16-17H,8-10H2,1-2H3. The number of hydrogen-bond donors (Lipinski definition) is 2. The van der Waals surface area contributed by atoms with E-state index in [0.717, 1.165) is 28.2 Å². The Labute approximate surface area is 118 Å². The molecule has 2 unspecified atom stereocenters. The number of nitrogens with one attached hydrogen (secondary N) is 1. The highest BCUT2D eigenvalue weighted by Gasteiger charge is 2.15. The van der Waals surface area contributed by atoms with Gasteiger partial charge in [0.1, 0.15) is 11.3 Å². The van der Waals surface area contributed by atoms with Gasteiger partial charge in [-0.1, -0.05) is 25.1 Å². The molecule has 2 aromatic rings. The van der Waals surface area contributed by atoms with E-state index < -0.39 is 0 Å². The van der Waals surface area contributed by atoms with Gasteiger partial charge in [0.05, 0.1) is 6.04 Å². The molecular formula is C15H21NO2S. The minimum absolute atomic E-state index is 0.211. The molecule has 0 fully saturated rings. The van der Waals surface area contributed by atoms with Crippen LogP contribution < -0.4 is 5.32 Å². The number of fused-ring (bicyclic) bond motifs is 1. The lowest BCUT2D eigenvalue weighted by Gasteiger charge is -2.14. The van der Waals surface area contributed by atoms with Crippen molar-refractivity contribution in [1.82, 2.24) is 5.32 Å². The van der Waals surface area contributed by atoms with E-state index in [1.165, 1.54) is 0 Å². The Balaban J connectivity index is 2.00. The Hall–Kier alpha value is -0.970. The molecular weight excluding hydrogens is 258 g/mol. The lowest BCUT2D eigenvalue weighted by atomic mass is 10.2. The summed E-state index contributed by atoms with van der Waals surface area (Å²) in [5.74, 6) is 3.24. The normalized spacial score (nSPS) is 14.7. The Morgan fingerprint density at radius 1 is 1.32 bits per heavy atom. The molecule has 3 nitrogen and oxygen atoms in total. The number of rotatable bonds is 7. The molecule has 104 valence electrons. The van der Waals surface area contributed by atoms with E-state index in [1.54, 1.807) is 0 Å². The molecule has 0 bridgehead atoms. The molecule has 0 aliphatic heterocycles. The fraction of sp³-hybridized carbons (Fsp3) is 0.467. The van der Waals surface area contributed by atoms with Crippen molar-refractivity contribution in [2.75, 3.05) is 25.2 Å². The van der Waals surface area contributed by atoms with Crippen LogP contribution in [0.4, 0.5) is 0 Å². The molecule has 0 saturated carbocycles. The summed E-state index contributed by atoms with van der Waals surface area (Å²) in [6.45, 7) is 2.31. The second kappa shape index (κ2) is 6.98. The van der Waals surface area contributed by atoms with Gasteiger partial charge in [0.2, 0.25) is 0 Å². The molecule has 0 saturated heterocycles. The molecule has 1 aromatic carbocycles. The van der Waals surface area contributed by atoms with Crippen molar-refractivity contribution in [3.8, 4) is 0 Å². The highest BCUT2D eigenvalue weighted by Crippen LogP contribution is 2.26. The van der Waals surface area contributed by atoms with Gasteiger partial charge in [0, 0.05) is 17.7 Å². The number of aliphatic hydroxyl groups excluding tert-OH is 1. The average molecular weight is 279 g/mol. The molecule has 0 aliphatic rings. The third kappa shape index (κ3) is 3.75. The van der Waals surface area contributed by atoms with Crippen LogP contribution in [0.25, 0.3) is 11.0 Å². The average Bonchev–Trinajstić information content (AvgIpc) is 2.86. The van der Waals surface area contributed by atoms with E-state index in [4.69, 9.17) is 9.52 Å². The molecule has 1 aromatic heterocycles. The third-order valence-corrected chi connectivity index (χ3v) is 4.51. The van der Waals surface area contributed by atoms with Crippen molar-refractivity contribution in [3.05, 3.63) is 36.1 Å². The molecule has 1 heterocycles. The Morgan fingerprint density at radius 2 is 2.11 bits per heavy atom. The van der Waals surface area contributed by atoms with Crippen molar-refractivity contribution in [2.24, 2.45) is 5.92 Å². The monoisotopic (exact) mass is 279 g/mol. The van der Waals surface area contributed by atoms with Crippen molar-refractivity contribution < 1.29 is 9.52 Å². The summed E-state index contributed by atoms with van der Waals surface area (Å²) in [7, 11) is 1.95. The molecule has 0 amide bonds. The third-order valence-electron chi connectivity index (χ3n) is 3.14. The van der Waals surface area contributed by atoms with Crippen LogP contribution in [0, 0.1) is 5.92 Å². The number of aliphatic hydroxyl groups is 1. The lowest BCUT2D eigenvalue weighted by molar-refractivity contribution is 0.250. The van der Waals surface area contributed by atoms with E-state index in [9.17, 15) is 0 Å². The molecule has 0 radical (unpaired) electrons. The summed E-state index contributed by atoms with van der Waals surface area (Å²) in [6, 6.07) is 10.4. The maximum absolute atomic E-state index is 9.02. The van der Waals surface area contributed by atoms with Gasteiger partial charge < -0.3 is 14.8 Å². The first kappa shape index (κ1) is 14.4. The zero-order valence-electron chi connectivity index (χ0n) is 11.4. The molecule has 4 heteroatoms. The molecule has 2 rings (SSSR count). The summed E-state index contributed by atoms with van der Waals surface area (Å²) < 4.78 is 5.88. The Morgan fingerprint density at radius 3 is 2.79 bits per heavy atom. The summed E-state index contributed by atoms with van der Waals surface area (Å²) >= 11 is 1.84. The van der Waals surface area contributed by atoms with Crippen LogP contribution in [-0.4, -0.2) is 30.3 Å². The fourth-order valence-electron chi connectivity index (χ4n) is 1.92. The number of hydrogen-bond acceptors (Lipinski definition) is 4. The Bertz CT molecular complexity index is 479. The summed E-state index contributed by atoms with van der Waals surface area (Å²) in [6.07, 6.45) is 0. The van der Waals surface area contributed by atoms with Crippen LogP contribution in [0.15, 0.2) is 34.7 Å². The molecule has 19 heavy (non-hydrogen) atoms. The van der Waals surface area contributed by atoms with Crippen molar-refractivity contribution in [1.29, 1.82) is 0 Å². The molecule has 2 N–H and O–H groups in total. The van der Waals surface area contributed by atoms with Crippen LogP contribution in [0.5, 0.6) is 0 Å². The quantitative estimate of drug-likeness (QED) is 0.817. The van der Waals surface area contributed by atoms with E-state index in [2.05, 4.69) is 24.4 Å². The molecule has 2 atom stereocenters. The van der Waals surface area contributed by atoms with E-state index in [0.29, 0.717) is 5.92 Å². The minimum Gasteiger partial charge on any atom is -0.459 e. The molecule has 0 spiro atoms. The van der Waals surface area contributed by atoms with E-state index in [1.807, 2.05) is 37.0 Å². The number of thioether (sulfide) groups is 1. The van der Waals surface area contributed by atoms with E-state index >= 15 is 0 Å². The smallest absolute Gasteiger partial charge is 0.134 e. The van der Waals surface area contributed by atoms with Gasteiger partial charge in [0.25, 0.3) is 0 Å². The van der Waals surface area contributed by atoms with Crippen molar-refractivity contribution >= 4 is 22.7 Å². The lowest BCUT2D eigenvalue weighted by Crippen LogP contribution is -2.19. The van der Waals surface area contributed by atoms with Crippen LogP contribution in [0.2, 0.25) is 0 Å². The molecule has 0 aliphatic carbocycles. The predicted molar refractivity (Wildman–Crippen MR) is 81.6 cm³/mol. The number of benzene rings is 1. The van der Waals surface area contributed by atoms with Gasteiger partial charge in [-0.15, -0.1) is 0 Å². The highest BCUT2D eigenvalue weighted by atomic mass is 32.2. The SMILES string of the molecule is CNC(CSCC(C)CO)c1cc2ccccc2o1. The number of para-hydroxylation sites is 1. The summed E-state index contributed by atoms with van der Waals surface area (Å²) in [5, 5.41) is 13.5. The maximum atomic E-state index is 9.02. The largest absolute Gasteiger partial charge is 0.459 e. The van der Waals surface area contributed by atoms with Gasteiger partial charge in [-0.05, 0) is 30.9 Å². The zero-order valence-corrected chi connectivity index (χ0v) is 12.2. The van der Waals surface area contributed by atoms with E-state index in [-0.39, 0.29) is 12.6 Å². The summed E-state index contributed by atoms with van der Waals surface area (Å²) in [4.78, 5) is 0. The topological polar surface area (TPSA) is 45.4 Å². The first-order valence-corrected chi connectivity index (χ1v) is 7.74. The maximum Gasteiger partial charge on any atom is 0.134 e. The zero-order chi connectivity index (χ0) is 13.7. The van der Waals surface area contributed by atoms with Crippen molar-refractivity contribution in [2.45, 2.75) is 13.0 Å². The summed E-state index contributed by atoms with van der Waals surface area (Å²) in [5.41, 5.74) is 0.937. The van der Waals surface area contributed by atoms with Gasteiger partial charge in [-0.25, -0.2) is 0 Å². The number of furan rings is 1. The van der Waals surface area contributed by atoms with Gasteiger partial charge >= 0.3 is 0 Å². The van der Waals surface area contributed by atoms with Crippen molar-refractivity contribution in [3.63, 3.8) is 0 Å². The van der Waals surface area contributed by atoms with Gasteiger partial charge in [-0.2, -0.15) is 11.8 Å². The van der Waals surface area contributed by atoms with Crippen LogP contribution in [0.3, 0.4) is 0 Å². The second-order valence-electron chi connectivity index (χ2n) is 4.85. The highest BCUT2D eigenvalue weighted by molar-refractivity contribution is 7.99. The second-order valence-corrected chi connectivity index (χ2v) is 5.93. The van der Waals surface area contributed by atoms with Crippen LogP contribution >= 0.6 is 11.8 Å². The first-order chi connectivity index (χ1) is 9.24. The van der Waals surface area contributed by atoms with Crippen LogP contribution in [-0.2, 0) is 0 Å². The minimum atomic E-state index is 0.211. The van der Waals surface area contributed by atoms with Gasteiger partial charge in [0.15, 0.2) is 0 Å². The Kier molecular flexibility index (Phi) is 5.31. The van der Waals surface area contributed by atoms with Gasteiger partial charge in [-0.3, -0.25) is 0 Å².